The van der Waals surface area contributed by atoms with Crippen molar-refractivity contribution in [1.29, 1.82) is 0 Å². The highest BCUT2D eigenvalue weighted by molar-refractivity contribution is 7.92. The van der Waals surface area contributed by atoms with Gasteiger partial charge in [-0.05, 0) is 80.8 Å². The second-order valence-electron chi connectivity index (χ2n) is 9.72. The summed E-state index contributed by atoms with van der Waals surface area (Å²) in [5.74, 6) is -0.843. The summed E-state index contributed by atoms with van der Waals surface area (Å²) in [7, 11) is -4.15. The third-order valence-corrected chi connectivity index (χ3v) is 8.84. The van der Waals surface area contributed by atoms with Gasteiger partial charge in [0.2, 0.25) is 11.8 Å². The summed E-state index contributed by atoms with van der Waals surface area (Å²) in [5, 5.41) is 3.86. The van der Waals surface area contributed by atoms with E-state index in [-0.39, 0.29) is 17.3 Å². The highest BCUT2D eigenvalue weighted by atomic mass is 35.5. The minimum Gasteiger partial charge on any atom is -0.354 e. The molecule has 3 aromatic rings. The maximum Gasteiger partial charge on any atom is 0.264 e. The molecule has 1 unspecified atom stereocenters. The Morgan fingerprint density at radius 2 is 1.55 bits per heavy atom. The second kappa shape index (κ2) is 14.0. The van der Waals surface area contributed by atoms with E-state index in [4.69, 9.17) is 23.2 Å². The summed E-state index contributed by atoms with van der Waals surface area (Å²) >= 11 is 12.2. The van der Waals surface area contributed by atoms with Crippen LogP contribution in [0.1, 0.15) is 43.4 Å². The molecule has 0 saturated carbocycles. The van der Waals surface area contributed by atoms with Crippen molar-refractivity contribution in [3.63, 3.8) is 0 Å². The third kappa shape index (κ3) is 7.99. The molecule has 0 fully saturated rings. The van der Waals surface area contributed by atoms with Crippen molar-refractivity contribution in [2.45, 2.75) is 58.0 Å². The number of hydrogen-bond acceptors (Lipinski definition) is 4. The van der Waals surface area contributed by atoms with Gasteiger partial charge in [-0.2, -0.15) is 0 Å². The van der Waals surface area contributed by atoms with Crippen molar-refractivity contribution in [3.8, 4) is 0 Å². The zero-order valence-electron chi connectivity index (χ0n) is 23.2. The van der Waals surface area contributed by atoms with E-state index in [1.165, 1.54) is 17.0 Å². The van der Waals surface area contributed by atoms with E-state index in [1.54, 1.807) is 68.4 Å². The molecule has 3 rings (SSSR count). The Balaban J connectivity index is 2.03. The number of hydrogen-bond donors (Lipinski definition) is 1. The SMILES string of the molecule is CCCCNC(=O)C(C)N(Cc1ccc(Cl)cc1)C(=O)CN(c1ccc(Cl)cc1C)S(=O)(=O)c1ccc(C)cc1. The summed E-state index contributed by atoms with van der Waals surface area (Å²) in [4.78, 5) is 28.5. The minimum atomic E-state index is -4.15. The lowest BCUT2D eigenvalue weighted by Gasteiger charge is -2.32. The van der Waals surface area contributed by atoms with Crippen LogP contribution in [0.2, 0.25) is 10.0 Å². The zero-order valence-corrected chi connectivity index (χ0v) is 25.5. The Kier molecular flexibility index (Phi) is 11.0. The van der Waals surface area contributed by atoms with Gasteiger partial charge in [0, 0.05) is 23.1 Å². The fraction of sp³-hybridized carbons (Fsp3) is 0.333. The van der Waals surface area contributed by atoms with Crippen LogP contribution in [0.4, 0.5) is 5.69 Å². The number of rotatable bonds is 12. The summed E-state index contributed by atoms with van der Waals surface area (Å²) < 4.78 is 29.0. The zero-order chi connectivity index (χ0) is 29.4. The number of carbonyl (C=O) groups excluding carboxylic acids is 2. The van der Waals surface area contributed by atoms with Crippen LogP contribution in [0.25, 0.3) is 0 Å². The van der Waals surface area contributed by atoms with Gasteiger partial charge in [0.15, 0.2) is 0 Å². The number of amides is 2. The van der Waals surface area contributed by atoms with Gasteiger partial charge < -0.3 is 10.2 Å². The van der Waals surface area contributed by atoms with Crippen molar-refractivity contribution < 1.29 is 18.0 Å². The molecule has 40 heavy (non-hydrogen) atoms. The average molecular weight is 605 g/mol. The lowest BCUT2D eigenvalue weighted by Crippen LogP contribution is -2.51. The summed E-state index contributed by atoms with van der Waals surface area (Å²) in [6.45, 7) is 7.33. The van der Waals surface area contributed by atoms with E-state index < -0.39 is 28.5 Å². The highest BCUT2D eigenvalue weighted by Gasteiger charge is 2.33. The molecule has 1 N–H and O–H groups in total. The van der Waals surface area contributed by atoms with Gasteiger partial charge in [-0.1, -0.05) is 66.4 Å². The lowest BCUT2D eigenvalue weighted by atomic mass is 10.1. The van der Waals surface area contributed by atoms with Gasteiger partial charge in [0.05, 0.1) is 10.6 Å². The maximum atomic E-state index is 14.0. The number of sulfonamides is 1. The summed E-state index contributed by atoms with van der Waals surface area (Å²) in [5.41, 5.74) is 2.57. The van der Waals surface area contributed by atoms with Gasteiger partial charge in [-0.15, -0.1) is 0 Å². The molecule has 10 heteroatoms. The number of unbranched alkanes of at least 4 members (excludes halogenated alkanes) is 1. The predicted molar refractivity (Wildman–Crippen MR) is 161 cm³/mol. The number of nitrogens with one attached hydrogen (secondary N) is 1. The lowest BCUT2D eigenvalue weighted by molar-refractivity contribution is -0.139. The van der Waals surface area contributed by atoms with Crippen LogP contribution in [0.3, 0.4) is 0 Å². The topological polar surface area (TPSA) is 86.8 Å². The smallest absolute Gasteiger partial charge is 0.264 e. The minimum absolute atomic E-state index is 0.0508. The Bertz CT molecular complexity index is 1430. The first-order valence-electron chi connectivity index (χ1n) is 13.1. The standard InChI is InChI=1S/C30H35Cl2N3O4S/c1-5-6-17-33-30(37)23(4)34(19-24-9-11-25(31)12-10-24)29(36)20-35(28-16-13-26(32)18-22(28)3)40(38,39)27-14-7-21(2)8-15-27/h7-16,18,23H,5-6,17,19-20H2,1-4H3,(H,33,37). The molecule has 0 aliphatic heterocycles. The van der Waals surface area contributed by atoms with Crippen LogP contribution in [-0.4, -0.2) is 44.3 Å². The molecule has 0 radical (unpaired) electrons. The molecule has 214 valence electrons. The predicted octanol–water partition coefficient (Wildman–Crippen LogP) is 6.14. The summed E-state index contributed by atoms with van der Waals surface area (Å²) in [6.07, 6.45) is 1.72. The van der Waals surface area contributed by atoms with Gasteiger partial charge in [-0.3, -0.25) is 13.9 Å². The molecular formula is C30H35Cl2N3O4S. The van der Waals surface area contributed by atoms with Crippen LogP contribution >= 0.6 is 23.2 Å². The van der Waals surface area contributed by atoms with Crippen LogP contribution in [0.5, 0.6) is 0 Å². The number of aryl methyl sites for hydroxylation is 2. The average Bonchev–Trinajstić information content (AvgIpc) is 2.91. The summed E-state index contributed by atoms with van der Waals surface area (Å²) in [6, 6.07) is 17.4. The molecule has 0 aromatic heterocycles. The number of nitrogens with zero attached hydrogens (tertiary/aromatic N) is 2. The number of benzene rings is 3. The first kappa shape index (κ1) is 31.5. The quantitative estimate of drug-likeness (QED) is 0.252. The van der Waals surface area contributed by atoms with E-state index in [1.807, 2.05) is 13.8 Å². The Labute approximate surface area is 247 Å². The van der Waals surface area contributed by atoms with Crippen LogP contribution in [0, 0.1) is 13.8 Å². The number of anilines is 1. The molecule has 1 atom stereocenters. The molecule has 0 aliphatic rings. The largest absolute Gasteiger partial charge is 0.354 e. The fourth-order valence-corrected chi connectivity index (χ4v) is 5.99. The van der Waals surface area contributed by atoms with Crippen molar-refractivity contribution >= 4 is 50.7 Å². The molecular weight excluding hydrogens is 569 g/mol. The van der Waals surface area contributed by atoms with Crippen LogP contribution in [-0.2, 0) is 26.2 Å². The molecule has 0 bridgehead atoms. The highest BCUT2D eigenvalue weighted by Crippen LogP contribution is 2.29. The van der Waals surface area contributed by atoms with Crippen LogP contribution in [0.15, 0.2) is 71.6 Å². The molecule has 7 nitrogen and oxygen atoms in total. The molecule has 0 heterocycles. The molecule has 0 spiro atoms. The number of carbonyl (C=O) groups is 2. The van der Waals surface area contributed by atoms with Gasteiger partial charge in [0.25, 0.3) is 10.0 Å². The van der Waals surface area contributed by atoms with Crippen molar-refractivity contribution in [3.05, 3.63) is 93.5 Å². The van der Waals surface area contributed by atoms with E-state index in [0.717, 1.165) is 28.3 Å². The molecule has 2 amide bonds. The Morgan fingerprint density at radius 3 is 2.15 bits per heavy atom. The van der Waals surface area contributed by atoms with E-state index in [0.29, 0.717) is 27.8 Å². The van der Waals surface area contributed by atoms with Crippen molar-refractivity contribution in [2.24, 2.45) is 0 Å². The normalized spacial score (nSPS) is 12.1. The second-order valence-corrected chi connectivity index (χ2v) is 12.5. The first-order valence-corrected chi connectivity index (χ1v) is 15.3. The van der Waals surface area contributed by atoms with Crippen molar-refractivity contribution in [2.75, 3.05) is 17.4 Å². The molecule has 0 saturated heterocycles. The monoisotopic (exact) mass is 603 g/mol. The van der Waals surface area contributed by atoms with Gasteiger partial charge in [-0.25, -0.2) is 8.42 Å². The maximum absolute atomic E-state index is 14.0. The van der Waals surface area contributed by atoms with Gasteiger partial charge >= 0.3 is 0 Å². The van der Waals surface area contributed by atoms with E-state index in [9.17, 15) is 18.0 Å². The third-order valence-electron chi connectivity index (χ3n) is 6.58. The first-order chi connectivity index (χ1) is 18.9. The Hall–Kier alpha value is -3.07. The van der Waals surface area contributed by atoms with Gasteiger partial charge in [0.1, 0.15) is 12.6 Å². The van der Waals surface area contributed by atoms with Crippen molar-refractivity contribution in [1.82, 2.24) is 10.2 Å². The van der Waals surface area contributed by atoms with Crippen LogP contribution < -0.4 is 9.62 Å². The molecule has 3 aromatic carbocycles. The Morgan fingerprint density at radius 1 is 0.925 bits per heavy atom. The van der Waals surface area contributed by atoms with E-state index in [2.05, 4.69) is 5.32 Å². The molecule has 0 aliphatic carbocycles. The number of halogens is 2. The fourth-order valence-electron chi connectivity index (χ4n) is 4.15. The van der Waals surface area contributed by atoms with E-state index >= 15 is 0 Å².